The zero-order valence-corrected chi connectivity index (χ0v) is 17.6. The van der Waals surface area contributed by atoms with Crippen LogP contribution >= 0.6 is 0 Å². The van der Waals surface area contributed by atoms with Crippen molar-refractivity contribution < 1.29 is 14.3 Å². The first kappa shape index (κ1) is 21.5. The molecule has 2 atom stereocenters. The quantitative estimate of drug-likeness (QED) is 0.738. The SMILES string of the molecule is CC[C@H](C)NC(=O)c1ccccc1NC(=O)[C@@H](C)Oc1cc(C)cc(C)c1C. The van der Waals surface area contributed by atoms with Gasteiger partial charge < -0.3 is 15.4 Å². The summed E-state index contributed by atoms with van der Waals surface area (Å²) in [5, 5.41) is 5.75. The van der Waals surface area contributed by atoms with Crippen LogP contribution in [0.15, 0.2) is 36.4 Å². The molecule has 2 aromatic carbocycles. The van der Waals surface area contributed by atoms with Gasteiger partial charge in [0.05, 0.1) is 11.3 Å². The maximum Gasteiger partial charge on any atom is 0.265 e. The molecular formula is C23H30N2O3. The van der Waals surface area contributed by atoms with Gasteiger partial charge in [0.25, 0.3) is 11.8 Å². The van der Waals surface area contributed by atoms with E-state index >= 15 is 0 Å². The standard InChI is InChI=1S/C23H30N2O3/c1-7-16(4)24-23(27)19-10-8-9-11-20(19)25-22(26)18(6)28-21-13-14(2)12-15(3)17(21)5/h8-13,16,18H,7H2,1-6H3,(H,24,27)(H,25,26)/t16-,18+/m0/s1. The van der Waals surface area contributed by atoms with Crippen molar-refractivity contribution in [1.29, 1.82) is 0 Å². The molecule has 2 rings (SSSR count). The third-order valence-electron chi connectivity index (χ3n) is 4.86. The van der Waals surface area contributed by atoms with Gasteiger partial charge in [0.2, 0.25) is 0 Å². The third kappa shape index (κ3) is 5.35. The van der Waals surface area contributed by atoms with Gasteiger partial charge in [-0.1, -0.05) is 25.1 Å². The molecule has 0 spiro atoms. The van der Waals surface area contributed by atoms with Crippen LogP contribution in [0.2, 0.25) is 0 Å². The number of nitrogens with one attached hydrogen (secondary N) is 2. The molecule has 0 radical (unpaired) electrons. The summed E-state index contributed by atoms with van der Waals surface area (Å²) >= 11 is 0. The first-order valence-corrected chi connectivity index (χ1v) is 9.68. The van der Waals surface area contributed by atoms with Crippen molar-refractivity contribution in [2.45, 2.75) is 60.1 Å². The fourth-order valence-corrected chi connectivity index (χ4v) is 2.80. The van der Waals surface area contributed by atoms with Crippen LogP contribution in [0, 0.1) is 20.8 Å². The average molecular weight is 383 g/mol. The Kier molecular flexibility index (Phi) is 7.21. The lowest BCUT2D eigenvalue weighted by atomic mass is 10.1. The molecule has 2 aromatic rings. The van der Waals surface area contributed by atoms with Crippen LogP contribution in [-0.4, -0.2) is 24.0 Å². The van der Waals surface area contributed by atoms with Crippen molar-refractivity contribution in [1.82, 2.24) is 5.32 Å². The monoisotopic (exact) mass is 382 g/mol. The maximum absolute atomic E-state index is 12.7. The minimum Gasteiger partial charge on any atom is -0.481 e. The van der Waals surface area contributed by atoms with Crippen LogP contribution in [0.25, 0.3) is 0 Å². The second-order valence-corrected chi connectivity index (χ2v) is 7.28. The van der Waals surface area contributed by atoms with E-state index in [-0.39, 0.29) is 17.9 Å². The summed E-state index contributed by atoms with van der Waals surface area (Å²) in [6.07, 6.45) is 0.131. The summed E-state index contributed by atoms with van der Waals surface area (Å²) in [6.45, 7) is 11.6. The molecule has 0 aliphatic heterocycles. The number of aryl methyl sites for hydroxylation is 2. The molecule has 0 aliphatic carbocycles. The molecule has 28 heavy (non-hydrogen) atoms. The Bertz CT molecular complexity index is 861. The molecule has 150 valence electrons. The van der Waals surface area contributed by atoms with E-state index in [9.17, 15) is 9.59 Å². The van der Waals surface area contributed by atoms with Gasteiger partial charge >= 0.3 is 0 Å². The molecule has 0 heterocycles. The number of anilines is 1. The first-order chi connectivity index (χ1) is 13.2. The number of carbonyl (C=O) groups excluding carboxylic acids is 2. The summed E-state index contributed by atoms with van der Waals surface area (Å²) in [4.78, 5) is 25.2. The Balaban J connectivity index is 2.14. The predicted molar refractivity (Wildman–Crippen MR) is 113 cm³/mol. The van der Waals surface area contributed by atoms with Gasteiger partial charge in [-0.05, 0) is 75.9 Å². The lowest BCUT2D eigenvalue weighted by Gasteiger charge is -2.19. The summed E-state index contributed by atoms with van der Waals surface area (Å²) in [5.74, 6) is 0.189. The van der Waals surface area contributed by atoms with E-state index in [0.29, 0.717) is 17.0 Å². The molecule has 0 aromatic heterocycles. The molecule has 0 saturated heterocycles. The normalized spacial score (nSPS) is 12.8. The highest BCUT2D eigenvalue weighted by atomic mass is 16.5. The summed E-state index contributed by atoms with van der Waals surface area (Å²) < 4.78 is 5.91. The van der Waals surface area contributed by atoms with Gasteiger partial charge in [0.15, 0.2) is 6.10 Å². The minimum absolute atomic E-state index is 0.0612. The van der Waals surface area contributed by atoms with Crippen molar-refractivity contribution in [3.8, 4) is 5.75 Å². The van der Waals surface area contributed by atoms with Crippen LogP contribution in [0.5, 0.6) is 5.75 Å². The van der Waals surface area contributed by atoms with Gasteiger partial charge in [0.1, 0.15) is 5.75 Å². The molecule has 0 aliphatic rings. The van der Waals surface area contributed by atoms with Crippen molar-refractivity contribution in [3.05, 3.63) is 58.7 Å². The van der Waals surface area contributed by atoms with Gasteiger partial charge in [-0.15, -0.1) is 0 Å². The van der Waals surface area contributed by atoms with Gasteiger partial charge in [-0.25, -0.2) is 0 Å². The number of ether oxygens (including phenoxy) is 1. The fourth-order valence-electron chi connectivity index (χ4n) is 2.80. The first-order valence-electron chi connectivity index (χ1n) is 9.68. The average Bonchev–Trinajstić information content (AvgIpc) is 2.65. The molecule has 2 N–H and O–H groups in total. The van der Waals surface area contributed by atoms with Crippen LogP contribution in [0.1, 0.15) is 54.2 Å². The Morgan fingerprint density at radius 1 is 1.07 bits per heavy atom. The highest BCUT2D eigenvalue weighted by Gasteiger charge is 2.20. The lowest BCUT2D eigenvalue weighted by molar-refractivity contribution is -0.122. The number of benzene rings is 2. The van der Waals surface area contributed by atoms with Crippen molar-refractivity contribution in [3.63, 3.8) is 0 Å². The Hall–Kier alpha value is -2.82. The molecule has 5 nitrogen and oxygen atoms in total. The van der Waals surface area contributed by atoms with Crippen molar-refractivity contribution >= 4 is 17.5 Å². The highest BCUT2D eigenvalue weighted by molar-refractivity contribution is 6.04. The molecule has 2 amide bonds. The van der Waals surface area contributed by atoms with Crippen LogP contribution < -0.4 is 15.4 Å². The fraction of sp³-hybridized carbons (Fsp3) is 0.391. The second kappa shape index (κ2) is 9.40. The van der Waals surface area contributed by atoms with Gasteiger partial charge in [0, 0.05) is 6.04 Å². The zero-order valence-electron chi connectivity index (χ0n) is 17.6. The van der Waals surface area contributed by atoms with Gasteiger partial charge in [-0.3, -0.25) is 9.59 Å². The van der Waals surface area contributed by atoms with Gasteiger partial charge in [-0.2, -0.15) is 0 Å². The topological polar surface area (TPSA) is 67.4 Å². The Labute approximate surface area is 167 Å². The highest BCUT2D eigenvalue weighted by Crippen LogP contribution is 2.25. The van der Waals surface area contributed by atoms with Crippen molar-refractivity contribution in [2.24, 2.45) is 0 Å². The van der Waals surface area contributed by atoms with E-state index in [1.54, 1.807) is 31.2 Å². The number of amides is 2. The lowest BCUT2D eigenvalue weighted by Crippen LogP contribution is -2.34. The molecule has 0 unspecified atom stereocenters. The Morgan fingerprint density at radius 3 is 2.43 bits per heavy atom. The molecular weight excluding hydrogens is 352 g/mol. The predicted octanol–water partition coefficient (Wildman–Crippen LogP) is 4.55. The second-order valence-electron chi connectivity index (χ2n) is 7.28. The Morgan fingerprint density at radius 2 is 1.75 bits per heavy atom. The summed E-state index contributed by atoms with van der Waals surface area (Å²) in [7, 11) is 0. The summed E-state index contributed by atoms with van der Waals surface area (Å²) in [5.41, 5.74) is 4.12. The number of para-hydroxylation sites is 1. The molecule has 0 saturated carbocycles. The number of hydrogen-bond donors (Lipinski definition) is 2. The van der Waals surface area contributed by atoms with Crippen LogP contribution in [-0.2, 0) is 4.79 Å². The van der Waals surface area contributed by atoms with E-state index < -0.39 is 6.10 Å². The van der Waals surface area contributed by atoms with E-state index in [1.165, 1.54) is 0 Å². The molecule has 5 heteroatoms. The molecule has 0 bridgehead atoms. The summed E-state index contributed by atoms with van der Waals surface area (Å²) in [6, 6.07) is 11.1. The minimum atomic E-state index is -0.703. The van der Waals surface area contributed by atoms with Crippen molar-refractivity contribution in [2.75, 3.05) is 5.32 Å². The maximum atomic E-state index is 12.7. The van der Waals surface area contributed by atoms with E-state index in [2.05, 4.69) is 16.7 Å². The van der Waals surface area contributed by atoms with E-state index in [0.717, 1.165) is 23.1 Å². The number of hydrogen-bond acceptors (Lipinski definition) is 3. The smallest absolute Gasteiger partial charge is 0.265 e. The third-order valence-corrected chi connectivity index (χ3v) is 4.86. The molecule has 0 fully saturated rings. The number of rotatable bonds is 7. The van der Waals surface area contributed by atoms with Crippen LogP contribution in [0.3, 0.4) is 0 Å². The largest absolute Gasteiger partial charge is 0.481 e. The number of carbonyl (C=O) groups is 2. The van der Waals surface area contributed by atoms with E-state index in [1.807, 2.05) is 40.7 Å². The van der Waals surface area contributed by atoms with Crippen LogP contribution in [0.4, 0.5) is 5.69 Å². The zero-order chi connectivity index (χ0) is 20.8. The van der Waals surface area contributed by atoms with E-state index in [4.69, 9.17) is 4.74 Å².